The minimum Gasteiger partial charge on any atom is -0.491 e. The van der Waals surface area contributed by atoms with E-state index in [1.54, 1.807) is 0 Å². The first-order valence-electron chi connectivity index (χ1n) is 13.7. The zero-order valence-electron chi connectivity index (χ0n) is 23.9. The summed E-state index contributed by atoms with van der Waals surface area (Å²) < 4.78 is 17.3. The largest absolute Gasteiger partial charge is 0.491 e. The van der Waals surface area contributed by atoms with Crippen LogP contribution in [0.2, 0.25) is 0 Å². The van der Waals surface area contributed by atoms with Crippen molar-refractivity contribution in [3.8, 4) is 5.75 Å². The molecule has 0 radical (unpaired) electrons. The van der Waals surface area contributed by atoms with Gasteiger partial charge in [0.15, 0.2) is 11.6 Å². The lowest BCUT2D eigenvalue weighted by molar-refractivity contribution is -0.141. The van der Waals surface area contributed by atoms with Crippen molar-refractivity contribution in [2.24, 2.45) is 5.16 Å². The van der Waals surface area contributed by atoms with Gasteiger partial charge < -0.3 is 23.9 Å². The summed E-state index contributed by atoms with van der Waals surface area (Å²) in [5, 5.41) is 3.96. The highest BCUT2D eigenvalue weighted by atomic mass is 16.7. The molecule has 40 heavy (non-hydrogen) atoms. The third-order valence-corrected chi connectivity index (χ3v) is 7.53. The Morgan fingerprint density at radius 2 is 1.95 bits per heavy atom. The molecule has 0 spiro atoms. The molecule has 0 saturated carbocycles. The Morgan fingerprint density at radius 1 is 1.15 bits per heavy atom. The first-order valence-corrected chi connectivity index (χ1v) is 13.7. The topological polar surface area (TPSA) is 86.7 Å². The molecular weight excluding hydrogens is 508 g/mol. The van der Waals surface area contributed by atoms with Gasteiger partial charge in [0.25, 0.3) is 0 Å². The van der Waals surface area contributed by atoms with Gasteiger partial charge in [-0.15, -0.1) is 0 Å². The van der Waals surface area contributed by atoms with Gasteiger partial charge in [-0.05, 0) is 87.7 Å². The molecule has 1 fully saturated rings. The number of oxime groups is 1. The molecule has 0 aromatic heterocycles. The molecule has 2 aromatic carbocycles. The van der Waals surface area contributed by atoms with E-state index in [0.29, 0.717) is 35.8 Å². The molecule has 2 aliphatic heterocycles. The van der Waals surface area contributed by atoms with Crippen LogP contribution in [0.4, 0.5) is 5.69 Å². The van der Waals surface area contributed by atoms with Gasteiger partial charge >= 0.3 is 5.97 Å². The minimum atomic E-state index is -0.591. The molecule has 2 aromatic rings. The van der Waals surface area contributed by atoms with Crippen LogP contribution in [0.25, 0.3) is 0 Å². The van der Waals surface area contributed by atoms with E-state index in [2.05, 4.69) is 29.1 Å². The zero-order chi connectivity index (χ0) is 28.6. The second-order valence-electron chi connectivity index (χ2n) is 10.9. The van der Waals surface area contributed by atoms with Crippen molar-refractivity contribution >= 4 is 23.2 Å². The van der Waals surface area contributed by atoms with Gasteiger partial charge in [0.1, 0.15) is 18.5 Å². The maximum absolute atomic E-state index is 13.7. The quantitative estimate of drug-likeness (QED) is 0.188. The van der Waals surface area contributed by atoms with Gasteiger partial charge in [-0.25, -0.2) is 4.79 Å². The zero-order valence-corrected chi connectivity index (χ0v) is 23.9. The fourth-order valence-electron chi connectivity index (χ4n) is 5.60. The smallest absolute Gasteiger partial charge is 0.331 e. The predicted octanol–water partition coefficient (Wildman–Crippen LogP) is 5.48. The van der Waals surface area contributed by atoms with Crippen molar-refractivity contribution in [2.45, 2.75) is 65.4 Å². The van der Waals surface area contributed by atoms with Crippen LogP contribution in [0.5, 0.6) is 5.75 Å². The van der Waals surface area contributed by atoms with Crippen LogP contribution in [-0.4, -0.2) is 55.2 Å². The fraction of sp³-hybridized carbons (Fsp3) is 0.406. The molecular formula is C32H36N2O6. The third kappa shape index (κ3) is 5.60. The number of nitrogens with zero attached hydrogens (tertiary/aromatic N) is 2. The first kappa shape index (κ1) is 27.8. The van der Waals surface area contributed by atoms with E-state index in [-0.39, 0.29) is 23.8 Å². The summed E-state index contributed by atoms with van der Waals surface area (Å²) in [6.45, 7) is 12.7. The number of ketones is 1. The Morgan fingerprint density at radius 3 is 2.62 bits per heavy atom. The molecule has 3 unspecified atom stereocenters. The minimum absolute atomic E-state index is 0.0317. The van der Waals surface area contributed by atoms with Gasteiger partial charge in [0.2, 0.25) is 0 Å². The molecule has 1 aliphatic carbocycles. The molecule has 0 N–H and O–H groups in total. The molecule has 5 rings (SSSR count). The Kier molecular flexibility index (Phi) is 7.66. The van der Waals surface area contributed by atoms with Gasteiger partial charge in [-0.2, -0.15) is 0 Å². The second-order valence-corrected chi connectivity index (χ2v) is 10.9. The summed E-state index contributed by atoms with van der Waals surface area (Å²) in [6, 6.07) is 11.7. The molecule has 210 valence electrons. The number of carbonyl (C=O) groups is 2. The Hall–Kier alpha value is -3.75. The lowest BCUT2D eigenvalue weighted by atomic mass is 9.86. The number of likely N-dealkylation sites (N-methyl/N-ethyl adjacent to an activating group) is 1. The lowest BCUT2D eigenvalue weighted by Crippen LogP contribution is -2.33. The number of fused-ring (bicyclic) bond motifs is 3. The molecule has 8 heteroatoms. The average Bonchev–Trinajstić information content (AvgIpc) is 3.45. The summed E-state index contributed by atoms with van der Waals surface area (Å²) >= 11 is 0. The molecule has 0 amide bonds. The SMILES string of the molecule is CCN1c2ccc(C(=O)c3ccc(OCC4COC(C)(C)O4)cc3C)cc2C2C=C(/C(C)=N/OC(C)=O)C=CC21. The van der Waals surface area contributed by atoms with Crippen LogP contribution in [0.3, 0.4) is 0 Å². The number of benzene rings is 2. The molecule has 3 aliphatic rings. The van der Waals surface area contributed by atoms with Crippen LogP contribution in [0.1, 0.15) is 67.6 Å². The van der Waals surface area contributed by atoms with Crippen LogP contribution < -0.4 is 9.64 Å². The van der Waals surface area contributed by atoms with E-state index in [1.807, 2.05) is 70.2 Å². The molecule has 2 heterocycles. The number of ether oxygens (including phenoxy) is 3. The third-order valence-electron chi connectivity index (χ3n) is 7.53. The molecule has 1 saturated heterocycles. The van der Waals surface area contributed by atoms with Crippen molar-refractivity contribution in [3.05, 3.63) is 82.5 Å². The normalized spacial score (nSPS) is 22.9. The number of carbonyl (C=O) groups excluding carboxylic acids is 2. The monoisotopic (exact) mass is 544 g/mol. The van der Waals surface area contributed by atoms with Crippen molar-refractivity contribution < 1.29 is 28.6 Å². The van der Waals surface area contributed by atoms with E-state index < -0.39 is 11.8 Å². The highest BCUT2D eigenvalue weighted by Crippen LogP contribution is 2.45. The van der Waals surface area contributed by atoms with Gasteiger partial charge in [0, 0.05) is 36.2 Å². The standard InChI is InChI=1S/C32H36N2O6/c1-7-34-29-12-8-22(20(3)33-40-21(4)35)15-27(29)28-16-23(9-13-30(28)34)31(36)26-11-10-24(14-19(26)2)37-17-25-18-38-32(5,6)39-25/h8-16,25,27,29H,7,17-18H2,1-6H3/b33-20+. The maximum Gasteiger partial charge on any atom is 0.331 e. The van der Waals surface area contributed by atoms with Gasteiger partial charge in [-0.3, -0.25) is 4.79 Å². The van der Waals surface area contributed by atoms with E-state index >= 15 is 0 Å². The number of rotatable bonds is 8. The van der Waals surface area contributed by atoms with Crippen LogP contribution in [-0.2, 0) is 19.1 Å². The van der Waals surface area contributed by atoms with Crippen LogP contribution in [0, 0.1) is 6.92 Å². The lowest BCUT2D eigenvalue weighted by Gasteiger charge is -2.28. The maximum atomic E-state index is 13.7. The summed E-state index contributed by atoms with van der Waals surface area (Å²) in [7, 11) is 0. The summed E-state index contributed by atoms with van der Waals surface area (Å²) in [5.74, 6) is -0.341. The van der Waals surface area contributed by atoms with Crippen LogP contribution >= 0.6 is 0 Å². The first-order chi connectivity index (χ1) is 19.1. The van der Waals surface area contributed by atoms with Crippen molar-refractivity contribution in [3.63, 3.8) is 0 Å². The van der Waals surface area contributed by atoms with Crippen molar-refractivity contribution in [1.82, 2.24) is 0 Å². The van der Waals surface area contributed by atoms with Crippen LogP contribution in [0.15, 0.2) is 65.4 Å². The second kappa shape index (κ2) is 11.0. The molecule has 3 atom stereocenters. The number of aryl methyl sites for hydroxylation is 1. The highest BCUT2D eigenvalue weighted by Gasteiger charge is 2.37. The van der Waals surface area contributed by atoms with E-state index in [9.17, 15) is 9.59 Å². The van der Waals surface area contributed by atoms with E-state index in [1.165, 1.54) is 6.92 Å². The fourth-order valence-corrected chi connectivity index (χ4v) is 5.60. The summed E-state index contributed by atoms with van der Waals surface area (Å²) in [4.78, 5) is 32.1. The van der Waals surface area contributed by atoms with E-state index in [0.717, 1.165) is 28.9 Å². The summed E-state index contributed by atoms with van der Waals surface area (Å²) in [5.41, 5.74) is 5.86. The number of hydrogen-bond acceptors (Lipinski definition) is 8. The summed E-state index contributed by atoms with van der Waals surface area (Å²) in [6.07, 6.45) is 6.19. The average molecular weight is 545 g/mol. The van der Waals surface area contributed by atoms with E-state index in [4.69, 9.17) is 19.0 Å². The van der Waals surface area contributed by atoms with Gasteiger partial charge in [-0.1, -0.05) is 23.4 Å². The predicted molar refractivity (Wildman–Crippen MR) is 153 cm³/mol. The Balaban J connectivity index is 1.36. The van der Waals surface area contributed by atoms with Crippen molar-refractivity contribution in [2.75, 3.05) is 24.7 Å². The number of anilines is 1. The van der Waals surface area contributed by atoms with Crippen molar-refractivity contribution in [1.29, 1.82) is 0 Å². The number of hydrogen-bond donors (Lipinski definition) is 0. The molecule has 8 nitrogen and oxygen atoms in total. The highest BCUT2D eigenvalue weighted by molar-refractivity contribution is 6.10. The number of allylic oxidation sites excluding steroid dienone is 2. The Labute approximate surface area is 235 Å². The van der Waals surface area contributed by atoms with Gasteiger partial charge in [0.05, 0.1) is 18.4 Å². The Bertz CT molecular complexity index is 1420. The molecule has 0 bridgehead atoms.